The van der Waals surface area contributed by atoms with E-state index in [0.717, 1.165) is 37.2 Å². The number of primary amides is 1. The van der Waals surface area contributed by atoms with Gasteiger partial charge in [-0.1, -0.05) is 44.2 Å². The first-order valence-corrected chi connectivity index (χ1v) is 15.6. The number of esters is 1. The van der Waals surface area contributed by atoms with E-state index in [9.17, 15) is 19.2 Å². The van der Waals surface area contributed by atoms with Gasteiger partial charge >= 0.3 is 12.1 Å². The molecule has 11 heteroatoms. The topological polar surface area (TPSA) is 132 Å². The summed E-state index contributed by atoms with van der Waals surface area (Å²) in [6.07, 6.45) is 0.556. The molecule has 0 fully saturated rings. The maximum Gasteiger partial charge on any atom is 0.410 e. The van der Waals surface area contributed by atoms with Gasteiger partial charge in [0.1, 0.15) is 24.0 Å². The van der Waals surface area contributed by atoms with E-state index < -0.39 is 23.5 Å². The second-order valence-corrected chi connectivity index (χ2v) is 12.1. The van der Waals surface area contributed by atoms with Crippen LogP contribution in [0.4, 0.5) is 4.79 Å². The number of nitrogens with two attached hydrogens (primary N) is 1. The van der Waals surface area contributed by atoms with Crippen LogP contribution in [0.25, 0.3) is 0 Å². The fraction of sp³-hybridized carbons (Fsp3) is 0.529. The molecule has 3 amide bonds. The summed E-state index contributed by atoms with van der Waals surface area (Å²) in [5, 5.41) is 0. The average molecular weight is 625 g/mol. The first-order valence-electron chi connectivity index (χ1n) is 15.6. The summed E-state index contributed by atoms with van der Waals surface area (Å²) in [7, 11) is 1.27. The summed E-state index contributed by atoms with van der Waals surface area (Å²) >= 11 is 0. The molecule has 1 atom stereocenters. The molecule has 0 spiro atoms. The van der Waals surface area contributed by atoms with E-state index in [0.29, 0.717) is 30.0 Å². The van der Waals surface area contributed by atoms with E-state index in [1.165, 1.54) is 12.0 Å². The minimum Gasteiger partial charge on any atom is -0.489 e. The molecule has 0 bridgehead atoms. The summed E-state index contributed by atoms with van der Waals surface area (Å²) in [5.41, 5.74) is 8.01. The second kappa shape index (κ2) is 16.3. The van der Waals surface area contributed by atoms with Crippen LogP contribution in [0.1, 0.15) is 80.9 Å². The van der Waals surface area contributed by atoms with E-state index in [4.69, 9.17) is 15.2 Å². The number of benzene rings is 2. The zero-order valence-electron chi connectivity index (χ0n) is 27.5. The number of rotatable bonds is 16. The number of hydrogen-bond donors (Lipinski definition) is 1. The second-order valence-electron chi connectivity index (χ2n) is 12.1. The molecule has 2 N–H and O–H groups in total. The van der Waals surface area contributed by atoms with Crippen molar-refractivity contribution in [3.8, 4) is 5.75 Å². The van der Waals surface area contributed by atoms with Crippen LogP contribution in [-0.4, -0.2) is 83.5 Å². The lowest BCUT2D eigenvalue weighted by Crippen LogP contribution is -2.45. The van der Waals surface area contributed by atoms with E-state index in [-0.39, 0.29) is 38.0 Å². The number of carbonyl (C=O) groups is 4. The largest absolute Gasteiger partial charge is 0.489 e. The van der Waals surface area contributed by atoms with Gasteiger partial charge in [-0.15, -0.1) is 0 Å². The highest BCUT2D eigenvalue weighted by Gasteiger charge is 2.37. The van der Waals surface area contributed by atoms with Gasteiger partial charge in [0.15, 0.2) is 0 Å². The molecule has 0 aliphatic carbocycles. The SMILES string of the molecule is CCN(CC)CCCN(Cc1ccc(COc2cccc3c2CN(C(CCC(=O)OC)C(N)=O)C3=O)cc1)C(=O)OC(C)(C)C. The lowest BCUT2D eigenvalue weighted by Gasteiger charge is -2.28. The third-order valence-corrected chi connectivity index (χ3v) is 7.75. The van der Waals surface area contributed by atoms with Gasteiger partial charge in [0.25, 0.3) is 5.91 Å². The maximum atomic E-state index is 13.2. The quantitative estimate of drug-likeness (QED) is 0.270. The number of hydrogen-bond acceptors (Lipinski definition) is 8. The Hall–Kier alpha value is -4.12. The number of nitrogens with zero attached hydrogens (tertiary/aromatic N) is 3. The minimum absolute atomic E-state index is 0.0323. The summed E-state index contributed by atoms with van der Waals surface area (Å²) in [6, 6.07) is 12.1. The number of carbonyl (C=O) groups excluding carboxylic acids is 4. The summed E-state index contributed by atoms with van der Waals surface area (Å²) < 4.78 is 16.5. The lowest BCUT2D eigenvalue weighted by atomic mass is 10.1. The first-order chi connectivity index (χ1) is 21.4. The van der Waals surface area contributed by atoms with Crippen LogP contribution < -0.4 is 10.5 Å². The van der Waals surface area contributed by atoms with Crippen LogP contribution in [0.15, 0.2) is 42.5 Å². The van der Waals surface area contributed by atoms with Crippen molar-refractivity contribution in [3.63, 3.8) is 0 Å². The fourth-order valence-corrected chi connectivity index (χ4v) is 5.23. The Morgan fingerprint density at radius 1 is 1.00 bits per heavy atom. The van der Waals surface area contributed by atoms with Crippen LogP contribution in [0, 0.1) is 0 Å². The van der Waals surface area contributed by atoms with Crippen molar-refractivity contribution in [2.24, 2.45) is 5.73 Å². The van der Waals surface area contributed by atoms with Crippen molar-refractivity contribution >= 4 is 23.9 Å². The monoisotopic (exact) mass is 624 g/mol. The predicted octanol–water partition coefficient (Wildman–Crippen LogP) is 4.50. The molecule has 246 valence electrons. The van der Waals surface area contributed by atoms with Gasteiger partial charge < -0.3 is 34.6 Å². The van der Waals surface area contributed by atoms with Crippen LogP contribution in [0.3, 0.4) is 0 Å². The standard InChI is InChI=1S/C34H48N4O7/c1-7-36(8-2)19-10-20-37(33(42)45-34(3,4)5)21-24-13-15-25(16-14-24)23-44-29-12-9-11-26-27(29)22-38(32(26)41)28(31(35)40)17-18-30(39)43-6/h9,11-16,28H,7-8,10,17-23H2,1-6H3,(H2,35,40). The maximum absolute atomic E-state index is 13.2. The van der Waals surface area contributed by atoms with E-state index in [2.05, 4.69) is 23.5 Å². The molecule has 1 unspecified atom stereocenters. The molecule has 45 heavy (non-hydrogen) atoms. The lowest BCUT2D eigenvalue weighted by molar-refractivity contribution is -0.141. The van der Waals surface area contributed by atoms with Gasteiger partial charge in [-0.05, 0) is 76.5 Å². The van der Waals surface area contributed by atoms with E-state index in [1.54, 1.807) is 23.1 Å². The molecule has 0 saturated carbocycles. The van der Waals surface area contributed by atoms with Crippen LogP contribution in [0.2, 0.25) is 0 Å². The Bertz CT molecular complexity index is 1320. The van der Waals surface area contributed by atoms with Crippen molar-refractivity contribution in [1.82, 2.24) is 14.7 Å². The van der Waals surface area contributed by atoms with Gasteiger partial charge in [0, 0.05) is 30.6 Å². The zero-order valence-corrected chi connectivity index (χ0v) is 27.5. The Morgan fingerprint density at radius 2 is 1.67 bits per heavy atom. The molecule has 0 saturated heterocycles. The molecule has 1 heterocycles. The zero-order chi connectivity index (χ0) is 33.1. The average Bonchev–Trinajstić information content (AvgIpc) is 3.33. The molecule has 1 aliphatic heterocycles. The van der Waals surface area contributed by atoms with Gasteiger partial charge in [0.2, 0.25) is 5.91 Å². The van der Waals surface area contributed by atoms with E-state index >= 15 is 0 Å². The summed E-state index contributed by atoms with van der Waals surface area (Å²) in [6.45, 7) is 14.1. The highest BCUT2D eigenvalue weighted by molar-refractivity contribution is 6.01. The van der Waals surface area contributed by atoms with Crippen molar-refractivity contribution in [2.45, 2.75) is 85.2 Å². The van der Waals surface area contributed by atoms with E-state index in [1.807, 2.05) is 45.0 Å². The normalized spacial score (nSPS) is 13.4. The van der Waals surface area contributed by atoms with Crippen LogP contribution >= 0.6 is 0 Å². The number of amides is 3. The summed E-state index contributed by atoms with van der Waals surface area (Å²) in [5.74, 6) is -0.960. The van der Waals surface area contributed by atoms with Gasteiger partial charge in [-0.3, -0.25) is 14.4 Å². The molecular weight excluding hydrogens is 576 g/mol. The van der Waals surface area contributed by atoms with Gasteiger partial charge in [-0.25, -0.2) is 4.79 Å². The first kappa shape index (κ1) is 35.4. The molecule has 2 aromatic carbocycles. The van der Waals surface area contributed by atoms with Crippen LogP contribution in [0.5, 0.6) is 5.75 Å². The van der Waals surface area contributed by atoms with Crippen LogP contribution in [-0.2, 0) is 38.8 Å². The molecular formula is C34H48N4O7. The Kier molecular flexibility index (Phi) is 12.8. The highest BCUT2D eigenvalue weighted by atomic mass is 16.6. The van der Waals surface area contributed by atoms with Gasteiger partial charge in [0.05, 0.1) is 13.7 Å². The Morgan fingerprint density at radius 3 is 2.27 bits per heavy atom. The fourth-order valence-electron chi connectivity index (χ4n) is 5.23. The van der Waals surface area contributed by atoms with Crippen molar-refractivity contribution in [1.29, 1.82) is 0 Å². The molecule has 1 aliphatic rings. The highest BCUT2D eigenvalue weighted by Crippen LogP contribution is 2.33. The van der Waals surface area contributed by atoms with Crippen molar-refractivity contribution in [3.05, 3.63) is 64.7 Å². The third-order valence-electron chi connectivity index (χ3n) is 7.75. The molecule has 3 rings (SSSR count). The minimum atomic E-state index is -0.943. The van der Waals surface area contributed by atoms with Crippen molar-refractivity contribution in [2.75, 3.05) is 33.3 Å². The molecule has 11 nitrogen and oxygen atoms in total. The number of ether oxygens (including phenoxy) is 3. The number of methoxy groups -OCH3 is 1. The summed E-state index contributed by atoms with van der Waals surface area (Å²) in [4.78, 5) is 55.5. The Labute approximate surface area is 266 Å². The molecule has 0 radical (unpaired) electrons. The molecule has 0 aromatic heterocycles. The van der Waals surface area contributed by atoms with Crippen molar-refractivity contribution < 1.29 is 33.4 Å². The van der Waals surface area contributed by atoms with Gasteiger partial charge in [-0.2, -0.15) is 0 Å². The number of fused-ring (bicyclic) bond motifs is 1. The smallest absolute Gasteiger partial charge is 0.410 e. The molecule has 2 aromatic rings. The third kappa shape index (κ3) is 10.2. The Balaban J connectivity index is 1.66. The predicted molar refractivity (Wildman–Crippen MR) is 170 cm³/mol.